The minimum atomic E-state index is -0.116. The average molecular weight is 443 g/mol. The Labute approximate surface area is 193 Å². The van der Waals surface area contributed by atoms with Gasteiger partial charge in [0, 0.05) is 48.9 Å². The normalized spacial score (nSPS) is 23.0. The number of rotatable bonds is 3. The van der Waals surface area contributed by atoms with Gasteiger partial charge in [-0.15, -0.1) is 0 Å². The van der Waals surface area contributed by atoms with E-state index in [-0.39, 0.29) is 29.8 Å². The molecule has 4 heterocycles. The maximum Gasteiger partial charge on any atom is 0.237 e. The van der Waals surface area contributed by atoms with Gasteiger partial charge < -0.3 is 14.7 Å². The predicted molar refractivity (Wildman–Crippen MR) is 122 cm³/mol. The number of hydrogen-bond donors (Lipinski definition) is 0. The Balaban J connectivity index is 1.53. The van der Waals surface area contributed by atoms with Gasteiger partial charge in [0.25, 0.3) is 0 Å². The van der Waals surface area contributed by atoms with Crippen molar-refractivity contribution < 1.29 is 4.79 Å². The summed E-state index contributed by atoms with van der Waals surface area (Å²) in [7, 11) is 0. The fourth-order valence-corrected chi connectivity index (χ4v) is 5.50. The van der Waals surface area contributed by atoms with E-state index in [1.54, 1.807) is 18.6 Å². The first kappa shape index (κ1) is 21.1. The van der Waals surface area contributed by atoms with Gasteiger partial charge in [-0.2, -0.15) is 10.5 Å². The molecule has 5 rings (SSSR count). The average Bonchev–Trinajstić information content (AvgIpc) is 3.17. The Morgan fingerprint density at radius 3 is 2.64 bits per heavy atom. The highest BCUT2D eigenvalue weighted by Gasteiger charge is 2.51. The maximum atomic E-state index is 12.4. The number of carbonyl (C=O) groups excluding carboxylic acids is 1. The third kappa shape index (κ3) is 3.36. The summed E-state index contributed by atoms with van der Waals surface area (Å²) in [6, 6.07) is 7.74. The van der Waals surface area contributed by atoms with Crippen LogP contribution in [0.1, 0.15) is 50.7 Å². The van der Waals surface area contributed by atoms with Gasteiger partial charge in [-0.25, -0.2) is 15.0 Å². The largest absolute Gasteiger partial charge is 0.350 e. The quantitative estimate of drug-likeness (QED) is 0.713. The molecular weight excluding hydrogens is 416 g/mol. The van der Waals surface area contributed by atoms with Crippen LogP contribution in [-0.2, 0) is 10.2 Å². The number of nitriles is 2. The molecule has 3 aliphatic rings. The molecule has 0 aromatic carbocycles. The van der Waals surface area contributed by atoms with Gasteiger partial charge in [0.15, 0.2) is 0 Å². The first-order valence-electron chi connectivity index (χ1n) is 11.4. The summed E-state index contributed by atoms with van der Waals surface area (Å²) in [6.07, 6.45) is 6.49. The molecule has 0 N–H and O–H groups in total. The zero-order valence-electron chi connectivity index (χ0n) is 18.9. The zero-order chi connectivity index (χ0) is 23.2. The number of aromatic nitrogens is 3. The maximum absolute atomic E-state index is 12.4. The molecule has 2 atom stereocenters. The number of nitrogens with zero attached hydrogens (tertiary/aromatic N) is 8. The molecule has 1 spiro atoms. The van der Waals surface area contributed by atoms with Crippen LogP contribution >= 0.6 is 0 Å². The molecule has 2 aliphatic heterocycles. The molecule has 2 aromatic heterocycles. The Morgan fingerprint density at radius 1 is 1.15 bits per heavy atom. The first-order valence-corrected chi connectivity index (χ1v) is 11.4. The van der Waals surface area contributed by atoms with Gasteiger partial charge in [-0.3, -0.25) is 4.79 Å². The Morgan fingerprint density at radius 2 is 1.94 bits per heavy atom. The highest BCUT2D eigenvalue weighted by atomic mass is 16.2. The van der Waals surface area contributed by atoms with Crippen LogP contribution in [0.2, 0.25) is 0 Å². The fourth-order valence-electron chi connectivity index (χ4n) is 5.50. The molecule has 1 saturated carbocycles. The minimum Gasteiger partial charge on any atom is -0.350 e. The Kier molecular flexibility index (Phi) is 5.13. The van der Waals surface area contributed by atoms with E-state index in [1.807, 2.05) is 24.0 Å². The lowest BCUT2D eigenvalue weighted by Gasteiger charge is -2.46. The SMILES string of the molecule is C[C@@H]1CN(c2ncnc3c2C2(CCC2)CN3c2cc(C#N)ccn2)[C@@H](C)CN1C(=O)CC#N. The van der Waals surface area contributed by atoms with Crippen molar-refractivity contribution in [2.24, 2.45) is 0 Å². The van der Waals surface area contributed by atoms with Crippen LogP contribution < -0.4 is 9.80 Å². The van der Waals surface area contributed by atoms with Gasteiger partial charge in [-0.05, 0) is 38.8 Å². The van der Waals surface area contributed by atoms with Gasteiger partial charge in [0.1, 0.15) is 30.2 Å². The third-order valence-corrected chi connectivity index (χ3v) is 7.32. The monoisotopic (exact) mass is 442 g/mol. The van der Waals surface area contributed by atoms with Gasteiger partial charge in [0.2, 0.25) is 5.91 Å². The van der Waals surface area contributed by atoms with Gasteiger partial charge in [-0.1, -0.05) is 6.42 Å². The number of carbonyl (C=O) groups is 1. The highest BCUT2D eigenvalue weighted by Crippen LogP contribution is 2.56. The van der Waals surface area contributed by atoms with Crippen LogP contribution in [0, 0.1) is 22.7 Å². The summed E-state index contributed by atoms with van der Waals surface area (Å²) in [5.41, 5.74) is 1.72. The second-order valence-electron chi connectivity index (χ2n) is 9.36. The standard InChI is InChI=1S/C24H26N8O/c1-16-13-31(17(2)12-30(16)20(33)4-8-25)22-21-23(29-15-28-22)32(14-24(21)6-3-7-24)19-10-18(11-26)5-9-27-19/h5,9-10,15-17H,3-4,6-7,12-14H2,1-2H3/t16-,17+/m1/s1. The summed E-state index contributed by atoms with van der Waals surface area (Å²) in [5.74, 6) is 2.42. The summed E-state index contributed by atoms with van der Waals surface area (Å²) in [5, 5.41) is 18.3. The van der Waals surface area contributed by atoms with Crippen LogP contribution in [0.15, 0.2) is 24.7 Å². The second kappa shape index (κ2) is 8.00. The van der Waals surface area contributed by atoms with Crippen molar-refractivity contribution in [3.63, 3.8) is 0 Å². The lowest BCUT2D eigenvalue weighted by Crippen LogP contribution is -2.58. The minimum absolute atomic E-state index is 0.0171. The molecule has 0 bridgehead atoms. The van der Waals surface area contributed by atoms with Crippen molar-refractivity contribution in [2.45, 2.75) is 57.0 Å². The van der Waals surface area contributed by atoms with Crippen LogP contribution in [0.3, 0.4) is 0 Å². The smallest absolute Gasteiger partial charge is 0.237 e. The topological polar surface area (TPSA) is 113 Å². The van der Waals surface area contributed by atoms with Crippen LogP contribution in [0.4, 0.5) is 17.5 Å². The number of pyridine rings is 1. The number of amides is 1. The molecule has 0 radical (unpaired) electrons. The predicted octanol–water partition coefficient (Wildman–Crippen LogP) is 2.66. The summed E-state index contributed by atoms with van der Waals surface area (Å²) < 4.78 is 0. The molecule has 2 fully saturated rings. The van der Waals surface area contributed by atoms with E-state index in [2.05, 4.69) is 32.8 Å². The van der Waals surface area contributed by atoms with E-state index < -0.39 is 0 Å². The van der Waals surface area contributed by atoms with Crippen molar-refractivity contribution in [3.8, 4) is 12.1 Å². The van der Waals surface area contributed by atoms with Crippen molar-refractivity contribution in [1.82, 2.24) is 19.9 Å². The van der Waals surface area contributed by atoms with Crippen molar-refractivity contribution >= 4 is 23.4 Å². The van der Waals surface area contributed by atoms with Crippen molar-refractivity contribution in [1.29, 1.82) is 10.5 Å². The number of fused-ring (bicyclic) bond motifs is 2. The molecule has 33 heavy (non-hydrogen) atoms. The number of hydrogen-bond acceptors (Lipinski definition) is 8. The molecule has 1 aliphatic carbocycles. The van der Waals surface area contributed by atoms with Crippen LogP contribution in [0.25, 0.3) is 0 Å². The molecule has 9 nitrogen and oxygen atoms in total. The van der Waals surface area contributed by atoms with E-state index >= 15 is 0 Å². The molecule has 1 saturated heterocycles. The van der Waals surface area contributed by atoms with Crippen LogP contribution in [-0.4, -0.2) is 57.5 Å². The lowest BCUT2D eigenvalue weighted by atomic mass is 9.66. The van der Waals surface area contributed by atoms with Gasteiger partial charge >= 0.3 is 0 Å². The molecule has 9 heteroatoms. The van der Waals surface area contributed by atoms with E-state index in [4.69, 9.17) is 10.2 Å². The zero-order valence-corrected chi connectivity index (χ0v) is 18.9. The Hall–Kier alpha value is -3.72. The molecular formula is C24H26N8O. The lowest BCUT2D eigenvalue weighted by molar-refractivity contribution is -0.133. The molecule has 168 valence electrons. The number of anilines is 3. The summed E-state index contributed by atoms with van der Waals surface area (Å²) >= 11 is 0. The van der Waals surface area contributed by atoms with E-state index in [0.717, 1.165) is 48.8 Å². The van der Waals surface area contributed by atoms with Gasteiger partial charge in [0.05, 0.1) is 17.7 Å². The highest BCUT2D eigenvalue weighted by molar-refractivity contribution is 5.79. The molecule has 2 aromatic rings. The number of piperazine rings is 1. The van der Waals surface area contributed by atoms with Crippen molar-refractivity contribution in [3.05, 3.63) is 35.8 Å². The third-order valence-electron chi connectivity index (χ3n) is 7.32. The Bertz CT molecular complexity index is 1180. The first-order chi connectivity index (χ1) is 16.0. The molecule has 0 unspecified atom stereocenters. The summed E-state index contributed by atoms with van der Waals surface area (Å²) in [4.78, 5) is 32.6. The van der Waals surface area contributed by atoms with E-state index in [9.17, 15) is 10.1 Å². The van der Waals surface area contributed by atoms with E-state index in [1.165, 1.54) is 0 Å². The molecule has 1 amide bonds. The van der Waals surface area contributed by atoms with E-state index in [0.29, 0.717) is 18.7 Å². The summed E-state index contributed by atoms with van der Waals surface area (Å²) in [6.45, 7) is 6.12. The van der Waals surface area contributed by atoms with Crippen LogP contribution in [0.5, 0.6) is 0 Å². The fraction of sp³-hybridized carbons (Fsp3) is 0.500. The van der Waals surface area contributed by atoms with Crippen molar-refractivity contribution in [2.75, 3.05) is 29.4 Å². The second-order valence-corrected chi connectivity index (χ2v) is 9.36.